The standard InChI is InChI=1S/C19H19N5O4/c1-11-13-4-2-3-5-14(13)17(25)20-16(11)18(26)23-8-6-12(7-9-23)24-10-15(19(27)28)21-22-24/h2-5,10,12H,6-9H2,1H3,(H,20,25)(H,27,28). The quantitative estimate of drug-likeness (QED) is 0.711. The molecule has 4 rings (SSSR count). The molecule has 1 aliphatic rings. The van der Waals surface area contributed by atoms with Crippen molar-refractivity contribution in [2.75, 3.05) is 13.1 Å². The van der Waals surface area contributed by atoms with Crippen molar-refractivity contribution in [1.82, 2.24) is 24.9 Å². The average Bonchev–Trinajstić information content (AvgIpc) is 3.21. The zero-order valence-electron chi connectivity index (χ0n) is 15.3. The number of nitrogens with one attached hydrogen (secondary N) is 1. The first-order chi connectivity index (χ1) is 13.5. The number of carboxylic acids is 1. The van der Waals surface area contributed by atoms with Crippen molar-refractivity contribution in [1.29, 1.82) is 0 Å². The van der Waals surface area contributed by atoms with Gasteiger partial charge in [0, 0.05) is 18.5 Å². The van der Waals surface area contributed by atoms with E-state index < -0.39 is 5.97 Å². The highest BCUT2D eigenvalue weighted by atomic mass is 16.4. The third kappa shape index (κ3) is 3.04. The van der Waals surface area contributed by atoms with E-state index in [1.165, 1.54) is 6.20 Å². The highest BCUT2D eigenvalue weighted by Crippen LogP contribution is 2.24. The Kier molecular flexibility index (Phi) is 4.42. The molecule has 1 amide bonds. The Bertz CT molecular complexity index is 1120. The first-order valence-corrected chi connectivity index (χ1v) is 9.01. The number of carbonyl (C=O) groups excluding carboxylic acids is 1. The van der Waals surface area contributed by atoms with E-state index in [4.69, 9.17) is 5.11 Å². The van der Waals surface area contributed by atoms with Gasteiger partial charge in [0.15, 0.2) is 5.69 Å². The number of pyridine rings is 1. The lowest BCUT2D eigenvalue weighted by atomic mass is 10.0. The predicted molar refractivity (Wildman–Crippen MR) is 100 cm³/mol. The molecule has 3 heterocycles. The number of piperidine rings is 1. The van der Waals surface area contributed by atoms with Gasteiger partial charge in [0.05, 0.1) is 12.2 Å². The molecule has 0 atom stereocenters. The molecule has 9 heteroatoms. The van der Waals surface area contributed by atoms with Crippen molar-refractivity contribution in [3.8, 4) is 0 Å². The Morgan fingerprint density at radius 2 is 1.86 bits per heavy atom. The molecule has 144 valence electrons. The van der Waals surface area contributed by atoms with Crippen LogP contribution in [0.1, 0.15) is 45.4 Å². The Hall–Kier alpha value is -3.49. The number of fused-ring (bicyclic) bond motifs is 1. The molecular formula is C19H19N5O4. The molecule has 0 radical (unpaired) electrons. The van der Waals surface area contributed by atoms with E-state index in [1.807, 2.05) is 19.1 Å². The molecule has 0 saturated carbocycles. The van der Waals surface area contributed by atoms with Gasteiger partial charge in [-0.1, -0.05) is 23.4 Å². The summed E-state index contributed by atoms with van der Waals surface area (Å²) >= 11 is 0. The van der Waals surface area contributed by atoms with Crippen molar-refractivity contribution in [2.45, 2.75) is 25.8 Å². The number of aromatic amines is 1. The number of H-pyrrole nitrogens is 1. The number of aromatic nitrogens is 4. The number of hydrogen-bond acceptors (Lipinski definition) is 5. The molecule has 0 bridgehead atoms. The number of rotatable bonds is 3. The highest BCUT2D eigenvalue weighted by Gasteiger charge is 2.27. The van der Waals surface area contributed by atoms with Crippen molar-refractivity contribution in [3.05, 3.63) is 57.8 Å². The van der Waals surface area contributed by atoms with Crippen LogP contribution in [0.3, 0.4) is 0 Å². The summed E-state index contributed by atoms with van der Waals surface area (Å²) < 4.78 is 1.55. The fourth-order valence-corrected chi connectivity index (χ4v) is 3.68. The number of nitrogens with zero attached hydrogens (tertiary/aromatic N) is 4. The Morgan fingerprint density at radius 1 is 1.18 bits per heavy atom. The summed E-state index contributed by atoms with van der Waals surface area (Å²) in [5, 5.41) is 17.8. The normalized spacial score (nSPS) is 15.1. The van der Waals surface area contributed by atoms with E-state index in [0.717, 1.165) is 10.9 Å². The molecular weight excluding hydrogens is 362 g/mol. The minimum atomic E-state index is -1.12. The van der Waals surface area contributed by atoms with Gasteiger partial charge in [-0.15, -0.1) is 5.10 Å². The van der Waals surface area contributed by atoms with Crippen molar-refractivity contribution < 1.29 is 14.7 Å². The second kappa shape index (κ2) is 6.91. The van der Waals surface area contributed by atoms with Gasteiger partial charge in [0.2, 0.25) is 0 Å². The maximum atomic E-state index is 13.0. The molecule has 9 nitrogen and oxygen atoms in total. The minimum Gasteiger partial charge on any atom is -0.476 e. The molecule has 0 unspecified atom stereocenters. The lowest BCUT2D eigenvalue weighted by Crippen LogP contribution is -2.40. The van der Waals surface area contributed by atoms with E-state index in [-0.39, 0.29) is 23.2 Å². The van der Waals surface area contributed by atoms with Gasteiger partial charge in [-0.3, -0.25) is 9.59 Å². The van der Waals surface area contributed by atoms with Crippen molar-refractivity contribution in [2.24, 2.45) is 0 Å². The number of amides is 1. The number of aromatic carboxylic acids is 1. The van der Waals surface area contributed by atoms with E-state index in [9.17, 15) is 14.4 Å². The van der Waals surface area contributed by atoms with Crippen LogP contribution in [-0.4, -0.2) is 55.0 Å². The topological polar surface area (TPSA) is 121 Å². The van der Waals surface area contributed by atoms with Crippen molar-refractivity contribution >= 4 is 22.6 Å². The molecule has 1 saturated heterocycles. The molecule has 2 N–H and O–H groups in total. The molecule has 1 fully saturated rings. The molecule has 2 aromatic heterocycles. The number of carbonyl (C=O) groups is 2. The van der Waals surface area contributed by atoms with Gasteiger partial charge in [-0.05, 0) is 36.8 Å². The van der Waals surface area contributed by atoms with Gasteiger partial charge in [-0.2, -0.15) is 0 Å². The van der Waals surface area contributed by atoms with Crippen LogP contribution < -0.4 is 5.56 Å². The molecule has 1 aliphatic heterocycles. The number of carboxylic acid groups (broad SMARTS) is 1. The summed E-state index contributed by atoms with van der Waals surface area (Å²) in [6.45, 7) is 2.81. The monoisotopic (exact) mass is 381 g/mol. The van der Waals surface area contributed by atoms with Crippen molar-refractivity contribution in [3.63, 3.8) is 0 Å². The van der Waals surface area contributed by atoms with E-state index >= 15 is 0 Å². The summed E-state index contributed by atoms with van der Waals surface area (Å²) in [5.74, 6) is -1.32. The number of benzene rings is 1. The van der Waals surface area contributed by atoms with Crippen LogP contribution in [0.5, 0.6) is 0 Å². The van der Waals surface area contributed by atoms with Gasteiger partial charge >= 0.3 is 5.97 Å². The lowest BCUT2D eigenvalue weighted by Gasteiger charge is -2.32. The summed E-state index contributed by atoms with van der Waals surface area (Å²) in [6, 6.07) is 7.21. The first-order valence-electron chi connectivity index (χ1n) is 9.01. The second-order valence-corrected chi connectivity index (χ2v) is 6.91. The Morgan fingerprint density at radius 3 is 2.50 bits per heavy atom. The number of likely N-dealkylation sites (tertiary alicyclic amines) is 1. The van der Waals surface area contributed by atoms with Crippen LogP contribution in [0.15, 0.2) is 35.3 Å². The summed E-state index contributed by atoms with van der Waals surface area (Å²) in [6.07, 6.45) is 2.67. The maximum absolute atomic E-state index is 13.0. The smallest absolute Gasteiger partial charge is 0.358 e. The third-order valence-electron chi connectivity index (χ3n) is 5.26. The predicted octanol–water partition coefficient (Wildman–Crippen LogP) is 1.60. The third-order valence-corrected chi connectivity index (χ3v) is 5.26. The van der Waals surface area contributed by atoms with Crippen LogP contribution >= 0.6 is 0 Å². The Labute approximate surface area is 159 Å². The number of hydrogen-bond donors (Lipinski definition) is 2. The fourth-order valence-electron chi connectivity index (χ4n) is 3.68. The van der Waals surface area contributed by atoms with Gasteiger partial charge < -0.3 is 15.0 Å². The second-order valence-electron chi connectivity index (χ2n) is 6.91. The van der Waals surface area contributed by atoms with Gasteiger partial charge in [0.1, 0.15) is 5.69 Å². The zero-order valence-corrected chi connectivity index (χ0v) is 15.3. The first kappa shape index (κ1) is 17.9. The summed E-state index contributed by atoms with van der Waals surface area (Å²) in [7, 11) is 0. The molecule has 1 aromatic carbocycles. The van der Waals surface area contributed by atoms with E-state index in [0.29, 0.717) is 37.0 Å². The molecule has 0 aliphatic carbocycles. The summed E-state index contributed by atoms with van der Waals surface area (Å²) in [4.78, 5) is 40.7. The van der Waals surface area contributed by atoms with E-state index in [2.05, 4.69) is 15.3 Å². The highest BCUT2D eigenvalue weighted by molar-refractivity contribution is 5.99. The van der Waals surface area contributed by atoms with Crippen LogP contribution in [0, 0.1) is 6.92 Å². The van der Waals surface area contributed by atoms with Crippen LogP contribution in [0.25, 0.3) is 10.8 Å². The minimum absolute atomic E-state index is 0.0126. The number of aryl methyl sites for hydroxylation is 1. The SMILES string of the molecule is Cc1c(C(=O)N2CCC(n3cc(C(=O)O)nn3)CC2)[nH]c(=O)c2ccccc12. The van der Waals surface area contributed by atoms with Crippen LogP contribution in [0.4, 0.5) is 0 Å². The molecule has 0 spiro atoms. The fraction of sp³-hybridized carbons (Fsp3) is 0.316. The van der Waals surface area contributed by atoms with Crippen LogP contribution in [0.2, 0.25) is 0 Å². The zero-order chi connectivity index (χ0) is 19.8. The molecule has 28 heavy (non-hydrogen) atoms. The van der Waals surface area contributed by atoms with Crippen LogP contribution in [-0.2, 0) is 0 Å². The summed E-state index contributed by atoms with van der Waals surface area (Å²) in [5.41, 5.74) is 0.701. The molecule has 3 aromatic rings. The van der Waals surface area contributed by atoms with Gasteiger partial charge in [0.25, 0.3) is 11.5 Å². The maximum Gasteiger partial charge on any atom is 0.358 e. The largest absolute Gasteiger partial charge is 0.476 e. The van der Waals surface area contributed by atoms with E-state index in [1.54, 1.807) is 21.7 Å². The van der Waals surface area contributed by atoms with Gasteiger partial charge in [-0.25, -0.2) is 9.48 Å². The Balaban J connectivity index is 1.53. The average molecular weight is 381 g/mol. The lowest BCUT2D eigenvalue weighted by molar-refractivity contribution is 0.0679.